The van der Waals surface area contributed by atoms with Gasteiger partial charge < -0.3 is 9.47 Å². The van der Waals surface area contributed by atoms with Gasteiger partial charge in [-0.3, -0.25) is 4.79 Å². The van der Waals surface area contributed by atoms with Crippen LogP contribution in [0, 0.1) is 5.82 Å². The highest BCUT2D eigenvalue weighted by molar-refractivity contribution is 5.84. The molecule has 10 heteroatoms. The van der Waals surface area contributed by atoms with Gasteiger partial charge in [0, 0.05) is 6.20 Å². The Morgan fingerprint density at radius 2 is 1.68 bits per heavy atom. The first kappa shape index (κ1) is 27.8. The van der Waals surface area contributed by atoms with Crippen molar-refractivity contribution in [1.82, 2.24) is 14.6 Å². The van der Waals surface area contributed by atoms with Gasteiger partial charge in [0.2, 0.25) is 0 Å². The molecule has 0 N–H and O–H groups in total. The Kier molecular flexibility index (Phi) is 7.49. The largest absolute Gasteiger partial charge is 0.487 e. The number of halogens is 4. The Morgan fingerprint density at radius 1 is 0.951 bits per heavy atom. The van der Waals surface area contributed by atoms with Gasteiger partial charge >= 0.3 is 12.1 Å². The van der Waals surface area contributed by atoms with Gasteiger partial charge in [-0.1, -0.05) is 42.5 Å². The molecule has 0 saturated heterocycles. The molecule has 0 unspecified atom stereocenters. The summed E-state index contributed by atoms with van der Waals surface area (Å²) in [6, 6.07) is 21.2. The number of alkyl halides is 3. The van der Waals surface area contributed by atoms with E-state index in [1.54, 1.807) is 37.3 Å². The van der Waals surface area contributed by atoms with Crippen LogP contribution < -0.4 is 4.74 Å². The van der Waals surface area contributed by atoms with Crippen molar-refractivity contribution >= 4 is 11.6 Å². The van der Waals surface area contributed by atoms with Gasteiger partial charge in [0.05, 0.1) is 23.9 Å². The molecule has 3 aromatic carbocycles. The van der Waals surface area contributed by atoms with Gasteiger partial charge in [0.25, 0.3) is 0 Å². The lowest BCUT2D eigenvalue weighted by molar-refractivity contribution is -0.147. The molecule has 5 aromatic rings. The van der Waals surface area contributed by atoms with E-state index in [1.807, 2.05) is 18.2 Å². The lowest BCUT2D eigenvalue weighted by Gasteiger charge is -2.27. The molecule has 0 amide bonds. The Bertz CT molecular complexity index is 1690. The van der Waals surface area contributed by atoms with Gasteiger partial charge in [-0.2, -0.15) is 18.3 Å². The van der Waals surface area contributed by atoms with Gasteiger partial charge in [-0.15, -0.1) is 0 Å². The third-order valence-corrected chi connectivity index (χ3v) is 6.86. The molecule has 210 valence electrons. The van der Waals surface area contributed by atoms with Crippen molar-refractivity contribution in [1.29, 1.82) is 0 Å². The quantitative estimate of drug-likeness (QED) is 0.153. The number of rotatable bonds is 8. The summed E-state index contributed by atoms with van der Waals surface area (Å²) in [5, 5.41) is 4.74. The molecular weight excluding hydrogens is 538 g/mol. The zero-order chi connectivity index (χ0) is 29.2. The lowest BCUT2D eigenvalue weighted by Crippen LogP contribution is -2.38. The molecule has 0 radical (unpaired) electrons. The van der Waals surface area contributed by atoms with Gasteiger partial charge in [0.15, 0.2) is 5.65 Å². The van der Waals surface area contributed by atoms with Crippen LogP contribution in [0.4, 0.5) is 17.6 Å². The monoisotopic (exact) mass is 563 g/mol. The van der Waals surface area contributed by atoms with E-state index in [0.29, 0.717) is 39.5 Å². The maximum absolute atomic E-state index is 14.0. The topological polar surface area (TPSA) is 65.7 Å². The zero-order valence-electron chi connectivity index (χ0n) is 22.2. The molecule has 0 fully saturated rings. The van der Waals surface area contributed by atoms with Crippen molar-refractivity contribution in [3.8, 4) is 16.9 Å². The summed E-state index contributed by atoms with van der Waals surface area (Å²) < 4.78 is 66.5. The van der Waals surface area contributed by atoms with Crippen LogP contribution in [0.2, 0.25) is 0 Å². The van der Waals surface area contributed by atoms with Crippen LogP contribution >= 0.6 is 0 Å². The first-order valence-electron chi connectivity index (χ1n) is 12.7. The molecule has 2 aromatic heterocycles. The Hall–Kier alpha value is -4.73. The van der Waals surface area contributed by atoms with Crippen LogP contribution in [-0.4, -0.2) is 27.7 Å². The Balaban J connectivity index is 1.68. The molecule has 0 aliphatic rings. The molecule has 1 atom stereocenters. The number of carbonyl (C=O) groups is 1. The van der Waals surface area contributed by atoms with E-state index in [1.165, 1.54) is 42.1 Å². The maximum Gasteiger partial charge on any atom is 0.416 e. The number of hydrogen-bond acceptors (Lipinski definition) is 5. The molecule has 5 rings (SSSR count). The van der Waals surface area contributed by atoms with Crippen LogP contribution in [0.5, 0.6) is 5.75 Å². The minimum Gasteiger partial charge on any atom is -0.487 e. The van der Waals surface area contributed by atoms with Crippen LogP contribution in [-0.2, 0) is 34.2 Å². The number of ether oxygens (including phenoxy) is 2. The summed E-state index contributed by atoms with van der Waals surface area (Å²) in [4.78, 5) is 17.8. The van der Waals surface area contributed by atoms with Crippen LogP contribution in [0.15, 0.2) is 91.1 Å². The number of benzene rings is 3. The summed E-state index contributed by atoms with van der Waals surface area (Å²) >= 11 is 0. The van der Waals surface area contributed by atoms with E-state index in [9.17, 15) is 22.4 Å². The average Bonchev–Trinajstić information content (AvgIpc) is 3.34. The molecule has 41 heavy (non-hydrogen) atoms. The van der Waals surface area contributed by atoms with Crippen LogP contribution in [0.25, 0.3) is 16.8 Å². The number of esters is 1. The smallest absolute Gasteiger partial charge is 0.416 e. The number of nitrogens with zero attached hydrogens (tertiary/aromatic N) is 3. The fourth-order valence-corrected chi connectivity index (χ4v) is 4.85. The minimum atomic E-state index is -4.50. The third-order valence-electron chi connectivity index (χ3n) is 6.86. The van der Waals surface area contributed by atoms with Gasteiger partial charge in [0.1, 0.15) is 29.3 Å². The SMILES string of the molecule is COC(=O)[C@](C)(Cc1cccc(F)c1)c1ccnc2c(-c3ccc(C(F)(F)F)cc3)c(COc3ccccc3)nn12. The standard InChI is InChI=1S/C31H25F4N3O3/c1-30(29(39)40-2,18-20-7-6-8-23(32)17-20)26-15-16-36-28-27(21-11-13-22(14-12-21)31(33,34)35)25(37-38(26)28)19-41-24-9-4-3-5-10-24/h3-17H,18-19H2,1-2H3/t30-/m1/s1. The zero-order valence-corrected chi connectivity index (χ0v) is 22.2. The second-order valence-electron chi connectivity index (χ2n) is 9.69. The first-order valence-corrected chi connectivity index (χ1v) is 12.7. The van der Waals surface area contributed by atoms with E-state index in [0.717, 1.165) is 12.1 Å². The molecule has 0 aliphatic heterocycles. The van der Waals surface area contributed by atoms with Crippen molar-refractivity contribution < 1.29 is 31.8 Å². The van der Waals surface area contributed by atoms with Gasteiger partial charge in [-0.25, -0.2) is 13.9 Å². The average molecular weight is 564 g/mol. The second kappa shape index (κ2) is 11.0. The highest BCUT2D eigenvalue weighted by Crippen LogP contribution is 2.36. The Morgan fingerprint density at radius 3 is 2.34 bits per heavy atom. The fraction of sp³-hybridized carbons (Fsp3) is 0.194. The molecular formula is C31H25F4N3O3. The maximum atomic E-state index is 14.0. The minimum absolute atomic E-state index is 0.0258. The number of carbonyl (C=O) groups excluding carboxylic acids is 1. The van der Waals surface area contributed by atoms with Crippen LogP contribution in [0.3, 0.4) is 0 Å². The summed E-state index contributed by atoms with van der Waals surface area (Å²) in [6.45, 7) is 1.64. The van der Waals surface area contributed by atoms with Crippen molar-refractivity contribution in [3.05, 3.63) is 119 Å². The Labute approximate surface area is 233 Å². The summed E-state index contributed by atoms with van der Waals surface area (Å²) in [7, 11) is 1.26. The number of aromatic nitrogens is 3. The van der Waals surface area contributed by atoms with Crippen LogP contribution in [0.1, 0.15) is 29.4 Å². The molecule has 2 heterocycles. The van der Waals surface area contributed by atoms with E-state index >= 15 is 0 Å². The van der Waals surface area contributed by atoms with E-state index in [-0.39, 0.29) is 13.0 Å². The number of para-hydroxylation sites is 1. The molecule has 0 aliphatic carbocycles. The van der Waals surface area contributed by atoms with Crippen molar-refractivity contribution in [2.24, 2.45) is 0 Å². The second-order valence-corrected chi connectivity index (χ2v) is 9.69. The van der Waals surface area contributed by atoms with Crippen molar-refractivity contribution in [3.63, 3.8) is 0 Å². The first-order chi connectivity index (χ1) is 19.6. The summed E-state index contributed by atoms with van der Waals surface area (Å²) in [5.74, 6) is -0.455. The number of fused-ring (bicyclic) bond motifs is 1. The summed E-state index contributed by atoms with van der Waals surface area (Å²) in [5.41, 5.74) is 0.439. The lowest BCUT2D eigenvalue weighted by atomic mass is 9.80. The van der Waals surface area contributed by atoms with Crippen molar-refractivity contribution in [2.75, 3.05) is 7.11 Å². The van der Waals surface area contributed by atoms with E-state index in [4.69, 9.17) is 14.6 Å². The fourth-order valence-electron chi connectivity index (χ4n) is 4.85. The number of methoxy groups -OCH3 is 1. The molecule has 0 bridgehead atoms. The predicted molar refractivity (Wildman–Crippen MR) is 144 cm³/mol. The normalized spacial score (nSPS) is 13.1. The molecule has 6 nitrogen and oxygen atoms in total. The van der Waals surface area contributed by atoms with Crippen molar-refractivity contribution in [2.45, 2.75) is 31.5 Å². The highest BCUT2D eigenvalue weighted by Gasteiger charge is 2.40. The molecule has 0 saturated carbocycles. The molecule has 0 spiro atoms. The van der Waals surface area contributed by atoms with Gasteiger partial charge in [-0.05, 0) is 66.9 Å². The van der Waals surface area contributed by atoms with E-state index < -0.39 is 28.9 Å². The van der Waals surface area contributed by atoms with E-state index in [2.05, 4.69) is 4.98 Å². The third kappa shape index (κ3) is 5.63. The highest BCUT2D eigenvalue weighted by atomic mass is 19.4. The predicted octanol–water partition coefficient (Wildman–Crippen LogP) is 6.81. The number of hydrogen-bond donors (Lipinski definition) is 0. The summed E-state index contributed by atoms with van der Waals surface area (Å²) in [6.07, 6.45) is -2.92.